The number of halogens is 3. The van der Waals surface area contributed by atoms with Crippen molar-refractivity contribution in [3.05, 3.63) is 76.5 Å². The number of hydrazine groups is 1. The summed E-state index contributed by atoms with van der Waals surface area (Å²) in [5.41, 5.74) is 5.73. The number of anilines is 1. The van der Waals surface area contributed by atoms with E-state index < -0.39 is 29.5 Å². The molecule has 0 fully saturated rings. The van der Waals surface area contributed by atoms with Crippen molar-refractivity contribution >= 4 is 29.2 Å². The Bertz CT molecular complexity index is 1150. The van der Waals surface area contributed by atoms with Gasteiger partial charge in [0.1, 0.15) is 0 Å². The molecule has 0 bridgehead atoms. The second-order valence-electron chi connectivity index (χ2n) is 7.00. The van der Waals surface area contributed by atoms with Crippen LogP contribution in [0.15, 0.2) is 64.9 Å². The summed E-state index contributed by atoms with van der Waals surface area (Å²) in [5.74, 6) is -1.62. The molecule has 2 amide bonds. The van der Waals surface area contributed by atoms with Gasteiger partial charge in [0.25, 0.3) is 11.8 Å². The maximum atomic E-state index is 12.8. The highest BCUT2D eigenvalue weighted by atomic mass is 19.4. The highest BCUT2D eigenvalue weighted by molar-refractivity contribution is 6.30. The second kappa shape index (κ2) is 9.15. The number of hydrogen-bond acceptors (Lipinski definition) is 6. The highest BCUT2D eigenvalue weighted by Crippen LogP contribution is 2.32. The number of hydrogen-bond donors (Lipinski definition) is 2. The van der Waals surface area contributed by atoms with E-state index in [4.69, 9.17) is 0 Å². The SMILES string of the molecule is COC(=O)c1ccc(C(=O)NN/C(C)=C2\C(=O)N(c3ccc(C(F)(F)F)cc3)N=C2C)cc1. The molecule has 0 aliphatic carbocycles. The van der Waals surface area contributed by atoms with Gasteiger partial charge >= 0.3 is 12.1 Å². The molecule has 0 unspecified atom stereocenters. The van der Waals surface area contributed by atoms with Crippen molar-refractivity contribution in [3.63, 3.8) is 0 Å². The van der Waals surface area contributed by atoms with Gasteiger partial charge in [-0.15, -0.1) is 0 Å². The molecule has 1 heterocycles. The van der Waals surface area contributed by atoms with Crippen LogP contribution in [0.5, 0.6) is 0 Å². The van der Waals surface area contributed by atoms with Crippen LogP contribution in [0.3, 0.4) is 0 Å². The van der Waals surface area contributed by atoms with Gasteiger partial charge in [0, 0.05) is 11.3 Å². The minimum atomic E-state index is -4.49. The van der Waals surface area contributed by atoms with Gasteiger partial charge in [-0.2, -0.15) is 23.3 Å². The fourth-order valence-corrected chi connectivity index (χ4v) is 3.07. The Kier molecular flexibility index (Phi) is 6.52. The van der Waals surface area contributed by atoms with E-state index in [0.29, 0.717) is 5.71 Å². The Labute approximate surface area is 186 Å². The molecule has 0 spiro atoms. The summed E-state index contributed by atoms with van der Waals surface area (Å²) < 4.78 is 42.9. The highest BCUT2D eigenvalue weighted by Gasteiger charge is 2.33. The van der Waals surface area contributed by atoms with Gasteiger partial charge in [0.2, 0.25) is 0 Å². The number of hydrazone groups is 1. The average Bonchev–Trinajstić information content (AvgIpc) is 3.10. The number of methoxy groups -OCH3 is 1. The van der Waals surface area contributed by atoms with E-state index >= 15 is 0 Å². The molecule has 33 heavy (non-hydrogen) atoms. The molecule has 3 rings (SSSR count). The monoisotopic (exact) mass is 460 g/mol. The number of carbonyl (C=O) groups excluding carboxylic acids is 3. The van der Waals surface area contributed by atoms with E-state index in [1.807, 2.05) is 0 Å². The van der Waals surface area contributed by atoms with E-state index in [9.17, 15) is 27.6 Å². The molecule has 0 radical (unpaired) electrons. The Hall–Kier alpha value is -4.15. The number of alkyl halides is 3. The second-order valence-corrected chi connectivity index (χ2v) is 7.00. The summed E-state index contributed by atoms with van der Waals surface area (Å²) in [5, 5.41) is 5.11. The number of carbonyl (C=O) groups is 3. The van der Waals surface area contributed by atoms with Crippen LogP contribution in [0.4, 0.5) is 18.9 Å². The van der Waals surface area contributed by atoms with Crippen molar-refractivity contribution in [1.29, 1.82) is 0 Å². The van der Waals surface area contributed by atoms with E-state index in [0.717, 1.165) is 29.3 Å². The van der Waals surface area contributed by atoms with Crippen LogP contribution in [0.1, 0.15) is 40.1 Å². The third-order valence-corrected chi connectivity index (χ3v) is 4.76. The zero-order valence-corrected chi connectivity index (χ0v) is 17.8. The van der Waals surface area contributed by atoms with Gasteiger partial charge in [-0.1, -0.05) is 0 Å². The molecule has 172 valence electrons. The zero-order chi connectivity index (χ0) is 24.3. The predicted molar refractivity (Wildman–Crippen MR) is 113 cm³/mol. The molecular formula is C22H19F3N4O4. The molecule has 1 aliphatic heterocycles. The number of benzene rings is 2. The number of allylic oxidation sites excluding steroid dienone is 1. The average molecular weight is 460 g/mol. The van der Waals surface area contributed by atoms with Crippen LogP contribution >= 0.6 is 0 Å². The lowest BCUT2D eigenvalue weighted by Gasteiger charge is -2.14. The van der Waals surface area contributed by atoms with Crippen LogP contribution in [0, 0.1) is 0 Å². The summed E-state index contributed by atoms with van der Waals surface area (Å²) >= 11 is 0. The molecular weight excluding hydrogens is 441 g/mol. The van der Waals surface area contributed by atoms with Crippen LogP contribution in [-0.4, -0.2) is 30.6 Å². The molecule has 11 heteroatoms. The lowest BCUT2D eigenvalue weighted by atomic mass is 10.1. The van der Waals surface area contributed by atoms with Crippen molar-refractivity contribution in [2.45, 2.75) is 20.0 Å². The quantitative estimate of drug-likeness (QED) is 0.405. The first kappa shape index (κ1) is 23.5. The van der Waals surface area contributed by atoms with Gasteiger partial charge in [-0.3, -0.25) is 15.0 Å². The van der Waals surface area contributed by atoms with Crippen molar-refractivity contribution < 1.29 is 32.3 Å². The van der Waals surface area contributed by atoms with Crippen LogP contribution in [0.25, 0.3) is 0 Å². The summed E-state index contributed by atoms with van der Waals surface area (Å²) in [6.45, 7) is 3.11. The summed E-state index contributed by atoms with van der Waals surface area (Å²) in [7, 11) is 1.25. The van der Waals surface area contributed by atoms with E-state index in [-0.39, 0.29) is 28.1 Å². The molecule has 0 saturated carbocycles. The lowest BCUT2D eigenvalue weighted by molar-refractivity contribution is -0.137. The first-order chi connectivity index (χ1) is 15.5. The first-order valence-electron chi connectivity index (χ1n) is 9.56. The largest absolute Gasteiger partial charge is 0.465 e. The maximum Gasteiger partial charge on any atom is 0.416 e. The third-order valence-electron chi connectivity index (χ3n) is 4.76. The Morgan fingerprint density at radius 1 is 0.970 bits per heavy atom. The van der Waals surface area contributed by atoms with Crippen molar-refractivity contribution in [2.75, 3.05) is 12.1 Å². The normalized spacial score (nSPS) is 15.2. The standard InChI is InChI=1S/C22H19F3N4O4/c1-12(26-27-19(30)14-4-6-15(7-5-14)21(32)33-3)18-13(2)28-29(20(18)31)17-10-8-16(9-11-17)22(23,24)25/h4-11,26H,1-3H3,(H,27,30)/b18-12-. The number of amides is 2. The van der Waals surface area contributed by atoms with E-state index in [2.05, 4.69) is 20.7 Å². The summed E-state index contributed by atoms with van der Waals surface area (Å²) in [6.07, 6.45) is -4.49. The van der Waals surface area contributed by atoms with Gasteiger partial charge in [0.15, 0.2) is 0 Å². The molecule has 2 N–H and O–H groups in total. The third kappa shape index (κ3) is 5.03. The van der Waals surface area contributed by atoms with Crippen LogP contribution in [0.2, 0.25) is 0 Å². The van der Waals surface area contributed by atoms with Gasteiger partial charge < -0.3 is 10.2 Å². The molecule has 0 atom stereocenters. The summed E-state index contributed by atoms with van der Waals surface area (Å²) in [6, 6.07) is 9.79. The summed E-state index contributed by atoms with van der Waals surface area (Å²) in [4.78, 5) is 36.6. The topological polar surface area (TPSA) is 100 Å². The maximum absolute atomic E-state index is 12.8. The zero-order valence-electron chi connectivity index (χ0n) is 17.8. The van der Waals surface area contributed by atoms with Gasteiger partial charge in [-0.05, 0) is 62.4 Å². The minimum Gasteiger partial charge on any atom is -0.465 e. The molecule has 1 aliphatic rings. The minimum absolute atomic E-state index is 0.163. The number of esters is 1. The number of rotatable bonds is 5. The van der Waals surface area contributed by atoms with E-state index in [1.54, 1.807) is 13.8 Å². The van der Waals surface area contributed by atoms with Gasteiger partial charge in [-0.25, -0.2) is 4.79 Å². The fraction of sp³-hybridized carbons (Fsp3) is 0.182. The molecule has 2 aromatic rings. The van der Waals surface area contributed by atoms with Crippen LogP contribution < -0.4 is 15.9 Å². The van der Waals surface area contributed by atoms with Crippen molar-refractivity contribution in [2.24, 2.45) is 5.10 Å². The first-order valence-corrected chi connectivity index (χ1v) is 9.56. The number of nitrogens with zero attached hydrogens (tertiary/aromatic N) is 2. The Morgan fingerprint density at radius 3 is 2.09 bits per heavy atom. The molecule has 0 saturated heterocycles. The van der Waals surface area contributed by atoms with E-state index in [1.165, 1.54) is 31.4 Å². The van der Waals surface area contributed by atoms with Crippen molar-refractivity contribution in [1.82, 2.24) is 10.9 Å². The Balaban J connectivity index is 1.70. The Morgan fingerprint density at radius 2 is 1.55 bits per heavy atom. The molecule has 2 aromatic carbocycles. The fourth-order valence-electron chi connectivity index (χ4n) is 3.07. The molecule has 0 aromatic heterocycles. The smallest absolute Gasteiger partial charge is 0.416 e. The van der Waals surface area contributed by atoms with Gasteiger partial charge in [0.05, 0.1) is 35.2 Å². The lowest BCUT2D eigenvalue weighted by Crippen LogP contribution is -2.37. The van der Waals surface area contributed by atoms with Crippen molar-refractivity contribution in [3.8, 4) is 0 Å². The van der Waals surface area contributed by atoms with Crippen LogP contribution in [-0.2, 0) is 15.7 Å². The number of nitrogens with one attached hydrogen (secondary N) is 2. The molecule has 8 nitrogen and oxygen atoms in total. The predicted octanol–water partition coefficient (Wildman–Crippen LogP) is 3.42. The number of ether oxygens (including phenoxy) is 1.